The lowest BCUT2D eigenvalue weighted by atomic mass is 10.3. The summed E-state index contributed by atoms with van der Waals surface area (Å²) >= 11 is 0. The van der Waals surface area contributed by atoms with Gasteiger partial charge in [-0.15, -0.1) is 0 Å². The second kappa shape index (κ2) is 2.69. The number of nitrogens with one attached hydrogen (secondary N) is 1. The quantitative estimate of drug-likeness (QED) is 0.679. The third-order valence-corrected chi connectivity index (χ3v) is 2.09. The Labute approximate surface area is 74.4 Å². The minimum absolute atomic E-state index is 0.148. The van der Waals surface area contributed by atoms with Crippen LogP contribution in [-0.4, -0.2) is 19.5 Å². The van der Waals surface area contributed by atoms with Gasteiger partial charge in [-0.25, -0.2) is 14.8 Å². The van der Waals surface area contributed by atoms with Crippen LogP contribution >= 0.6 is 0 Å². The second-order valence-corrected chi connectivity index (χ2v) is 2.86. The average molecular weight is 178 g/mol. The van der Waals surface area contributed by atoms with E-state index in [0.717, 1.165) is 17.6 Å². The van der Waals surface area contributed by atoms with Gasteiger partial charge in [0.1, 0.15) is 11.8 Å². The van der Waals surface area contributed by atoms with Gasteiger partial charge in [0.2, 0.25) is 0 Å². The third kappa shape index (κ3) is 1.04. The predicted octanol–water partition coefficient (Wildman–Crippen LogP) is 0.219. The van der Waals surface area contributed by atoms with Crippen LogP contribution in [0.15, 0.2) is 11.1 Å². The molecule has 5 heteroatoms. The molecule has 5 nitrogen and oxygen atoms in total. The molecule has 0 spiro atoms. The van der Waals surface area contributed by atoms with E-state index < -0.39 is 0 Å². The van der Waals surface area contributed by atoms with E-state index in [1.807, 2.05) is 6.92 Å². The van der Waals surface area contributed by atoms with Crippen LogP contribution in [0.4, 0.5) is 0 Å². The zero-order valence-corrected chi connectivity index (χ0v) is 7.53. The number of rotatable bonds is 1. The van der Waals surface area contributed by atoms with E-state index in [0.29, 0.717) is 5.65 Å². The maximum absolute atomic E-state index is 11.2. The number of nitrogens with zero attached hydrogens (tertiary/aromatic N) is 3. The lowest BCUT2D eigenvalue weighted by Gasteiger charge is -1.96. The van der Waals surface area contributed by atoms with E-state index in [1.165, 1.54) is 10.9 Å². The molecule has 0 aliphatic carbocycles. The van der Waals surface area contributed by atoms with Gasteiger partial charge in [-0.3, -0.25) is 4.57 Å². The van der Waals surface area contributed by atoms with Gasteiger partial charge in [-0.1, -0.05) is 6.92 Å². The normalized spacial score (nSPS) is 10.9. The molecule has 2 aromatic rings. The highest BCUT2D eigenvalue weighted by Gasteiger charge is 2.07. The van der Waals surface area contributed by atoms with Gasteiger partial charge in [0.05, 0.1) is 5.69 Å². The van der Waals surface area contributed by atoms with Crippen LogP contribution in [0, 0.1) is 0 Å². The zero-order chi connectivity index (χ0) is 9.42. The minimum atomic E-state index is -0.148. The van der Waals surface area contributed by atoms with Crippen molar-refractivity contribution in [3.05, 3.63) is 22.5 Å². The molecule has 0 fully saturated rings. The molecular formula is C8H10N4O. The van der Waals surface area contributed by atoms with E-state index in [2.05, 4.69) is 15.0 Å². The minimum Gasteiger partial charge on any atom is -0.303 e. The summed E-state index contributed by atoms with van der Waals surface area (Å²) in [6, 6.07) is 0. The highest BCUT2D eigenvalue weighted by atomic mass is 16.1. The molecule has 0 saturated carbocycles. The van der Waals surface area contributed by atoms with E-state index in [4.69, 9.17) is 0 Å². The Bertz CT molecular complexity index is 496. The summed E-state index contributed by atoms with van der Waals surface area (Å²) in [5, 5.41) is 0. The molecule has 2 aromatic heterocycles. The number of fused-ring (bicyclic) bond motifs is 1. The van der Waals surface area contributed by atoms with Crippen LogP contribution < -0.4 is 5.69 Å². The van der Waals surface area contributed by atoms with E-state index in [1.54, 1.807) is 7.05 Å². The van der Waals surface area contributed by atoms with Crippen LogP contribution in [0.25, 0.3) is 11.2 Å². The van der Waals surface area contributed by atoms with Crippen molar-refractivity contribution in [3.63, 3.8) is 0 Å². The average Bonchev–Trinajstić information content (AvgIpc) is 2.43. The van der Waals surface area contributed by atoms with Crippen molar-refractivity contribution in [2.45, 2.75) is 13.3 Å². The van der Waals surface area contributed by atoms with E-state index in [-0.39, 0.29) is 5.69 Å². The molecule has 0 amide bonds. The summed E-state index contributed by atoms with van der Waals surface area (Å²) in [5.74, 6) is 0. The summed E-state index contributed by atoms with van der Waals surface area (Å²) in [5.41, 5.74) is 2.14. The maximum atomic E-state index is 11.2. The molecule has 0 aliphatic heterocycles. The molecular weight excluding hydrogens is 168 g/mol. The molecule has 0 unspecified atom stereocenters. The van der Waals surface area contributed by atoms with Gasteiger partial charge >= 0.3 is 5.69 Å². The molecule has 0 saturated heterocycles. The Morgan fingerprint density at radius 2 is 2.31 bits per heavy atom. The predicted molar refractivity (Wildman–Crippen MR) is 48.5 cm³/mol. The van der Waals surface area contributed by atoms with E-state index in [9.17, 15) is 4.79 Å². The summed E-state index contributed by atoms with van der Waals surface area (Å²) in [6.07, 6.45) is 2.27. The Morgan fingerprint density at radius 3 is 3.00 bits per heavy atom. The van der Waals surface area contributed by atoms with Crippen LogP contribution in [0.2, 0.25) is 0 Å². The Kier molecular flexibility index (Phi) is 1.65. The first-order chi connectivity index (χ1) is 6.24. The van der Waals surface area contributed by atoms with Crippen LogP contribution in [-0.2, 0) is 13.5 Å². The Balaban J connectivity index is 2.92. The molecule has 13 heavy (non-hydrogen) atoms. The SMILES string of the molecule is CCc1ncnc2c1[nH]c(=O)n2C. The maximum Gasteiger partial charge on any atom is 0.327 e. The third-order valence-electron chi connectivity index (χ3n) is 2.09. The molecule has 2 rings (SSSR count). The van der Waals surface area contributed by atoms with Crippen molar-refractivity contribution in [2.24, 2.45) is 7.05 Å². The lowest BCUT2D eigenvalue weighted by Crippen LogP contribution is -2.12. The molecule has 0 aliphatic rings. The van der Waals surface area contributed by atoms with Crippen molar-refractivity contribution in [2.75, 3.05) is 0 Å². The largest absolute Gasteiger partial charge is 0.327 e. The zero-order valence-electron chi connectivity index (χ0n) is 7.53. The fourth-order valence-electron chi connectivity index (χ4n) is 1.35. The number of aromatic nitrogens is 4. The van der Waals surface area contributed by atoms with Gasteiger partial charge in [0.15, 0.2) is 5.65 Å². The van der Waals surface area contributed by atoms with Crippen molar-refractivity contribution in [3.8, 4) is 0 Å². The van der Waals surface area contributed by atoms with Crippen molar-refractivity contribution in [1.29, 1.82) is 0 Å². The van der Waals surface area contributed by atoms with Gasteiger partial charge in [0, 0.05) is 7.05 Å². The summed E-state index contributed by atoms with van der Waals surface area (Å²) in [6.45, 7) is 1.99. The number of aromatic amines is 1. The molecule has 1 N–H and O–H groups in total. The Morgan fingerprint density at radius 1 is 1.54 bits per heavy atom. The van der Waals surface area contributed by atoms with Gasteiger partial charge in [-0.05, 0) is 6.42 Å². The first-order valence-electron chi connectivity index (χ1n) is 4.12. The molecule has 2 heterocycles. The van der Waals surface area contributed by atoms with Crippen molar-refractivity contribution >= 4 is 11.2 Å². The van der Waals surface area contributed by atoms with Crippen molar-refractivity contribution in [1.82, 2.24) is 19.5 Å². The first-order valence-corrected chi connectivity index (χ1v) is 4.12. The summed E-state index contributed by atoms with van der Waals surface area (Å²) < 4.78 is 1.48. The summed E-state index contributed by atoms with van der Waals surface area (Å²) in [7, 11) is 1.69. The van der Waals surface area contributed by atoms with Gasteiger partial charge in [-0.2, -0.15) is 0 Å². The molecule has 0 bridgehead atoms. The molecule has 0 radical (unpaired) electrons. The second-order valence-electron chi connectivity index (χ2n) is 2.86. The highest BCUT2D eigenvalue weighted by Crippen LogP contribution is 2.08. The van der Waals surface area contributed by atoms with Crippen LogP contribution in [0.5, 0.6) is 0 Å². The lowest BCUT2D eigenvalue weighted by molar-refractivity contribution is 0.877. The number of imidazole rings is 1. The number of aryl methyl sites for hydroxylation is 2. The topological polar surface area (TPSA) is 63.6 Å². The number of hydrogen-bond acceptors (Lipinski definition) is 3. The summed E-state index contributed by atoms with van der Waals surface area (Å²) in [4.78, 5) is 22.1. The van der Waals surface area contributed by atoms with Crippen LogP contribution in [0.1, 0.15) is 12.6 Å². The van der Waals surface area contributed by atoms with Gasteiger partial charge in [0.25, 0.3) is 0 Å². The first kappa shape index (κ1) is 7.97. The highest BCUT2D eigenvalue weighted by molar-refractivity contribution is 5.72. The molecule has 68 valence electrons. The molecule has 0 aromatic carbocycles. The molecule has 0 atom stereocenters. The number of H-pyrrole nitrogens is 1. The van der Waals surface area contributed by atoms with Crippen LogP contribution in [0.3, 0.4) is 0 Å². The fraction of sp³-hybridized carbons (Fsp3) is 0.375. The monoisotopic (exact) mass is 178 g/mol. The fourth-order valence-corrected chi connectivity index (χ4v) is 1.35. The van der Waals surface area contributed by atoms with Gasteiger partial charge < -0.3 is 4.98 Å². The smallest absolute Gasteiger partial charge is 0.303 e. The number of hydrogen-bond donors (Lipinski definition) is 1. The Hall–Kier alpha value is -1.65. The van der Waals surface area contributed by atoms with Crippen molar-refractivity contribution < 1.29 is 0 Å². The standard InChI is InChI=1S/C8H10N4O/c1-3-5-6-7(10-4-9-5)12(2)8(13)11-6/h4H,3H2,1-2H3,(H,11,13). The van der Waals surface area contributed by atoms with E-state index >= 15 is 0 Å².